The van der Waals surface area contributed by atoms with Crippen LogP contribution in [0.4, 0.5) is 0 Å². The predicted molar refractivity (Wildman–Crippen MR) is 56.6 cm³/mol. The van der Waals surface area contributed by atoms with Gasteiger partial charge in [0.15, 0.2) is 5.58 Å². The quantitative estimate of drug-likeness (QED) is 0.578. The maximum Gasteiger partial charge on any atom is 0.548 e. The van der Waals surface area contributed by atoms with E-state index < -0.39 is 7.12 Å². The monoisotopic (exact) mass is 289 g/mol. The Balaban J connectivity index is 2.62. The Hall–Kier alpha value is -0.595. The summed E-state index contributed by atoms with van der Waals surface area (Å²) in [6, 6.07) is 5.43. The van der Waals surface area contributed by atoms with Crippen molar-refractivity contribution in [3.8, 4) is 0 Å². The minimum absolute atomic E-state index is 0.0722. The molecule has 0 spiro atoms. The van der Waals surface area contributed by atoms with E-state index in [0.29, 0.717) is 11.1 Å². The highest BCUT2D eigenvalue weighted by atomic mass is 127. The number of nitrogens with zero attached hydrogens (tertiary/aromatic N) is 1. The molecular weight excluding hydrogens is 284 g/mol. The van der Waals surface area contributed by atoms with Gasteiger partial charge in [-0.3, -0.25) is 0 Å². The van der Waals surface area contributed by atoms with Crippen molar-refractivity contribution in [2.75, 3.05) is 0 Å². The highest BCUT2D eigenvalue weighted by Gasteiger charge is 2.18. The molecular formula is C7H5BINO3. The fourth-order valence-corrected chi connectivity index (χ4v) is 1.49. The van der Waals surface area contributed by atoms with Crippen LogP contribution in [0.5, 0.6) is 0 Å². The first-order valence-electron chi connectivity index (χ1n) is 3.59. The van der Waals surface area contributed by atoms with Crippen LogP contribution in [0, 0.1) is 3.57 Å². The van der Waals surface area contributed by atoms with Crippen LogP contribution in [0.2, 0.25) is 0 Å². The minimum atomic E-state index is -1.65. The zero-order chi connectivity index (χ0) is 9.42. The molecule has 0 atom stereocenters. The van der Waals surface area contributed by atoms with Crippen molar-refractivity contribution in [1.82, 2.24) is 4.98 Å². The van der Waals surface area contributed by atoms with Gasteiger partial charge in [0.1, 0.15) is 5.52 Å². The molecule has 6 heteroatoms. The van der Waals surface area contributed by atoms with Gasteiger partial charge in [-0.05, 0) is 40.8 Å². The fourth-order valence-electron chi connectivity index (χ4n) is 1.03. The smallest absolute Gasteiger partial charge is 0.444 e. The van der Waals surface area contributed by atoms with Gasteiger partial charge in [-0.2, -0.15) is 0 Å². The SMILES string of the molecule is OB(O)c1nc2ccc(I)cc2o1. The lowest BCUT2D eigenvalue weighted by atomic mass is 9.93. The maximum absolute atomic E-state index is 8.79. The summed E-state index contributed by atoms with van der Waals surface area (Å²) in [5.74, 6) is -0.0722. The van der Waals surface area contributed by atoms with Crippen LogP contribution in [0.25, 0.3) is 11.1 Å². The number of halogens is 1. The van der Waals surface area contributed by atoms with Crippen LogP contribution >= 0.6 is 22.6 Å². The summed E-state index contributed by atoms with van der Waals surface area (Å²) in [6.07, 6.45) is 0. The molecule has 0 bridgehead atoms. The summed E-state index contributed by atoms with van der Waals surface area (Å²) in [6.45, 7) is 0. The second-order valence-corrected chi connectivity index (χ2v) is 3.78. The van der Waals surface area contributed by atoms with Crippen LogP contribution in [0.15, 0.2) is 22.6 Å². The van der Waals surface area contributed by atoms with E-state index >= 15 is 0 Å². The van der Waals surface area contributed by atoms with Crippen molar-refractivity contribution in [1.29, 1.82) is 0 Å². The minimum Gasteiger partial charge on any atom is -0.444 e. The van der Waals surface area contributed by atoms with E-state index in [0.717, 1.165) is 3.57 Å². The van der Waals surface area contributed by atoms with Gasteiger partial charge in [0, 0.05) is 3.57 Å². The van der Waals surface area contributed by atoms with Gasteiger partial charge in [-0.1, -0.05) is 0 Å². The average Bonchev–Trinajstić information content (AvgIpc) is 2.46. The molecule has 2 aromatic rings. The standard InChI is InChI=1S/C7H5BINO3/c9-4-1-2-5-6(3-4)13-7(10-5)8(11)12/h1-3,11-12H. The zero-order valence-corrected chi connectivity index (χ0v) is 8.59. The molecule has 4 nitrogen and oxygen atoms in total. The van der Waals surface area contributed by atoms with Gasteiger partial charge in [0.05, 0.1) is 0 Å². The largest absolute Gasteiger partial charge is 0.548 e. The second-order valence-electron chi connectivity index (χ2n) is 2.54. The number of hydrogen-bond acceptors (Lipinski definition) is 4. The third-order valence-electron chi connectivity index (χ3n) is 1.59. The Morgan fingerprint density at radius 3 is 2.85 bits per heavy atom. The molecule has 0 saturated carbocycles. The van der Waals surface area contributed by atoms with E-state index in [9.17, 15) is 0 Å². The average molecular weight is 289 g/mol. The Bertz CT molecular complexity index is 442. The van der Waals surface area contributed by atoms with Crippen molar-refractivity contribution < 1.29 is 14.5 Å². The van der Waals surface area contributed by atoms with Crippen LogP contribution < -0.4 is 5.79 Å². The third-order valence-corrected chi connectivity index (χ3v) is 2.26. The first-order valence-corrected chi connectivity index (χ1v) is 4.67. The van der Waals surface area contributed by atoms with Gasteiger partial charge in [-0.15, -0.1) is 0 Å². The topological polar surface area (TPSA) is 66.5 Å². The lowest BCUT2D eigenvalue weighted by Gasteiger charge is -1.87. The molecule has 2 N–H and O–H groups in total. The molecule has 0 fully saturated rings. The highest BCUT2D eigenvalue weighted by Crippen LogP contribution is 2.14. The molecule has 1 aromatic heterocycles. The van der Waals surface area contributed by atoms with E-state index in [1.54, 1.807) is 12.1 Å². The van der Waals surface area contributed by atoms with Gasteiger partial charge in [0.2, 0.25) is 5.79 Å². The van der Waals surface area contributed by atoms with E-state index in [4.69, 9.17) is 14.5 Å². The summed E-state index contributed by atoms with van der Waals surface area (Å²) < 4.78 is 6.11. The molecule has 0 aliphatic rings. The van der Waals surface area contributed by atoms with Gasteiger partial charge < -0.3 is 14.5 Å². The van der Waals surface area contributed by atoms with Gasteiger partial charge in [0.25, 0.3) is 0 Å². The third kappa shape index (κ3) is 1.69. The highest BCUT2D eigenvalue weighted by molar-refractivity contribution is 14.1. The molecule has 2 rings (SSSR count). The van der Waals surface area contributed by atoms with Gasteiger partial charge in [-0.25, -0.2) is 4.98 Å². The molecule has 0 aliphatic heterocycles. The summed E-state index contributed by atoms with van der Waals surface area (Å²) in [4.78, 5) is 3.88. The summed E-state index contributed by atoms with van der Waals surface area (Å²) in [5.41, 5.74) is 1.19. The molecule has 0 saturated heterocycles. The van der Waals surface area contributed by atoms with Crippen LogP contribution in [-0.2, 0) is 0 Å². The number of fused-ring (bicyclic) bond motifs is 1. The lowest BCUT2D eigenvalue weighted by molar-refractivity contribution is 0.409. The van der Waals surface area contributed by atoms with E-state index in [2.05, 4.69) is 27.6 Å². The molecule has 1 heterocycles. The number of hydrogen-bond donors (Lipinski definition) is 2. The second kappa shape index (κ2) is 3.28. The Labute approximate surface area is 87.9 Å². The van der Waals surface area contributed by atoms with Crippen molar-refractivity contribution >= 4 is 46.6 Å². The molecule has 66 valence electrons. The van der Waals surface area contributed by atoms with Crippen LogP contribution in [0.1, 0.15) is 0 Å². The van der Waals surface area contributed by atoms with E-state index in [-0.39, 0.29) is 5.79 Å². The van der Waals surface area contributed by atoms with Crippen molar-refractivity contribution in [3.63, 3.8) is 0 Å². The van der Waals surface area contributed by atoms with Crippen molar-refractivity contribution in [3.05, 3.63) is 21.8 Å². The Morgan fingerprint density at radius 1 is 1.38 bits per heavy atom. The molecule has 0 radical (unpaired) electrons. The van der Waals surface area contributed by atoms with E-state index in [1.165, 1.54) is 0 Å². The normalized spacial score (nSPS) is 10.7. The van der Waals surface area contributed by atoms with Crippen LogP contribution in [0.3, 0.4) is 0 Å². The summed E-state index contributed by atoms with van der Waals surface area (Å²) in [7, 11) is -1.65. The molecule has 0 aliphatic carbocycles. The molecule has 13 heavy (non-hydrogen) atoms. The predicted octanol–water partition coefficient (Wildman–Crippen LogP) is 0.112. The number of oxazole rings is 1. The molecule has 1 aromatic carbocycles. The first-order chi connectivity index (χ1) is 6.16. The summed E-state index contributed by atoms with van der Waals surface area (Å²) >= 11 is 2.14. The fraction of sp³-hybridized carbons (Fsp3) is 0. The first kappa shape index (κ1) is 8.98. The van der Waals surface area contributed by atoms with Crippen molar-refractivity contribution in [2.24, 2.45) is 0 Å². The lowest BCUT2D eigenvalue weighted by Crippen LogP contribution is -2.30. The Kier molecular flexibility index (Phi) is 2.26. The van der Waals surface area contributed by atoms with Crippen molar-refractivity contribution in [2.45, 2.75) is 0 Å². The number of rotatable bonds is 1. The maximum atomic E-state index is 8.79. The van der Waals surface area contributed by atoms with Crippen LogP contribution in [-0.4, -0.2) is 22.2 Å². The summed E-state index contributed by atoms with van der Waals surface area (Å²) in [5, 5.41) is 17.6. The molecule has 0 unspecified atom stereocenters. The van der Waals surface area contributed by atoms with E-state index in [1.807, 2.05) is 6.07 Å². The Morgan fingerprint density at radius 2 is 2.15 bits per heavy atom. The number of benzene rings is 1. The van der Waals surface area contributed by atoms with Gasteiger partial charge >= 0.3 is 7.12 Å². The molecule has 0 amide bonds. The zero-order valence-electron chi connectivity index (χ0n) is 6.44. The number of aromatic nitrogens is 1.